The van der Waals surface area contributed by atoms with Gasteiger partial charge in [-0.2, -0.15) is 0 Å². The van der Waals surface area contributed by atoms with Crippen molar-refractivity contribution in [2.24, 2.45) is 0 Å². The van der Waals surface area contributed by atoms with Gasteiger partial charge < -0.3 is 19.9 Å². The fraction of sp³-hybridized carbons (Fsp3) is 0.154. The Morgan fingerprint density at radius 3 is 2.34 bits per heavy atom. The number of hydrogen-bond donors (Lipinski definition) is 2. The van der Waals surface area contributed by atoms with E-state index >= 15 is 0 Å². The largest absolute Gasteiger partial charge is 0.497 e. The average Bonchev–Trinajstić information content (AvgIpc) is 3.50. The summed E-state index contributed by atoms with van der Waals surface area (Å²) in [6, 6.07) is 27.1. The Labute approximate surface area is 186 Å². The molecule has 1 aliphatic rings. The lowest BCUT2D eigenvalue weighted by molar-refractivity contribution is -0.118. The summed E-state index contributed by atoms with van der Waals surface area (Å²) in [6.07, 6.45) is 1.49. The van der Waals surface area contributed by atoms with Crippen molar-refractivity contribution < 1.29 is 14.1 Å². The van der Waals surface area contributed by atoms with Gasteiger partial charge in [-0.25, -0.2) is 0 Å². The highest BCUT2D eigenvalue weighted by Gasteiger charge is 2.53. The summed E-state index contributed by atoms with van der Waals surface area (Å²) in [4.78, 5) is 13.1. The monoisotopic (exact) mass is 425 g/mol. The first-order chi connectivity index (χ1) is 15.7. The molecule has 0 bridgehead atoms. The van der Waals surface area contributed by atoms with Gasteiger partial charge >= 0.3 is 0 Å². The van der Waals surface area contributed by atoms with E-state index in [-0.39, 0.29) is 5.91 Å². The van der Waals surface area contributed by atoms with Gasteiger partial charge in [-0.3, -0.25) is 4.79 Å². The Morgan fingerprint density at radius 2 is 1.62 bits per heavy atom. The van der Waals surface area contributed by atoms with Gasteiger partial charge in [-0.1, -0.05) is 35.5 Å². The molecule has 0 atom stereocenters. The smallest absolute Gasteiger partial charge is 0.236 e. The van der Waals surface area contributed by atoms with Crippen LogP contribution in [0.1, 0.15) is 18.5 Å². The number of methoxy groups -OCH3 is 1. The van der Waals surface area contributed by atoms with Crippen molar-refractivity contribution in [1.82, 2.24) is 5.16 Å². The standard InChI is InChI=1S/C26H23N3O3/c1-31-22-9-5-6-18(16-22)23-17-24(29-32-23)26(14-15-26)25(30)28-21-12-10-20(11-13-21)27-19-7-3-2-4-8-19/h2-13,16-17,27H,14-15H2,1H3,(H,28,30). The molecule has 0 radical (unpaired) electrons. The van der Waals surface area contributed by atoms with Gasteiger partial charge in [0.1, 0.15) is 5.75 Å². The Balaban J connectivity index is 1.28. The topological polar surface area (TPSA) is 76.4 Å². The zero-order chi connectivity index (χ0) is 22.0. The Hall–Kier alpha value is -4.06. The number of carbonyl (C=O) groups excluding carboxylic acids is 1. The number of para-hydroxylation sites is 1. The van der Waals surface area contributed by atoms with Gasteiger partial charge in [-0.05, 0) is 61.4 Å². The highest BCUT2D eigenvalue weighted by Crippen LogP contribution is 2.49. The molecule has 0 unspecified atom stereocenters. The number of carbonyl (C=O) groups is 1. The Morgan fingerprint density at radius 1 is 0.906 bits per heavy atom. The number of amides is 1. The lowest BCUT2D eigenvalue weighted by Crippen LogP contribution is -2.28. The fourth-order valence-corrected chi connectivity index (χ4v) is 3.71. The van der Waals surface area contributed by atoms with Crippen LogP contribution in [0, 0.1) is 0 Å². The zero-order valence-electron chi connectivity index (χ0n) is 17.7. The molecule has 1 fully saturated rings. The van der Waals surface area contributed by atoms with Crippen LogP contribution < -0.4 is 15.4 Å². The van der Waals surface area contributed by atoms with Gasteiger partial charge in [0.25, 0.3) is 0 Å². The third-order valence-corrected chi connectivity index (χ3v) is 5.74. The number of benzene rings is 3. The lowest BCUT2D eigenvalue weighted by Gasteiger charge is -2.13. The van der Waals surface area contributed by atoms with E-state index in [1.54, 1.807) is 7.11 Å². The molecule has 160 valence electrons. The van der Waals surface area contributed by atoms with Crippen LogP contribution in [0.25, 0.3) is 11.3 Å². The molecule has 1 aliphatic carbocycles. The highest BCUT2D eigenvalue weighted by atomic mass is 16.5. The number of anilines is 3. The summed E-state index contributed by atoms with van der Waals surface area (Å²) in [5, 5.41) is 10.6. The molecule has 6 heteroatoms. The number of ether oxygens (including phenoxy) is 1. The number of nitrogens with zero attached hydrogens (tertiary/aromatic N) is 1. The van der Waals surface area contributed by atoms with Crippen molar-refractivity contribution in [3.8, 4) is 17.1 Å². The van der Waals surface area contributed by atoms with Crippen LogP contribution in [0.2, 0.25) is 0 Å². The summed E-state index contributed by atoms with van der Waals surface area (Å²) in [7, 11) is 1.62. The van der Waals surface area contributed by atoms with Gasteiger partial charge in [-0.15, -0.1) is 0 Å². The van der Waals surface area contributed by atoms with E-state index in [4.69, 9.17) is 9.26 Å². The summed E-state index contributed by atoms with van der Waals surface area (Å²) >= 11 is 0. The number of nitrogens with one attached hydrogen (secondary N) is 2. The highest BCUT2D eigenvalue weighted by molar-refractivity contribution is 6.01. The Bertz CT molecular complexity index is 1230. The van der Waals surface area contributed by atoms with Gasteiger partial charge in [0, 0.05) is 28.7 Å². The van der Waals surface area contributed by atoms with Crippen molar-refractivity contribution in [3.05, 3.63) is 90.6 Å². The first-order valence-electron chi connectivity index (χ1n) is 10.5. The van der Waals surface area contributed by atoms with Crippen molar-refractivity contribution >= 4 is 23.0 Å². The molecule has 4 aromatic rings. The Kier molecular flexibility index (Phi) is 5.11. The third-order valence-electron chi connectivity index (χ3n) is 5.74. The summed E-state index contributed by atoms with van der Waals surface area (Å²) < 4.78 is 10.8. The maximum absolute atomic E-state index is 13.1. The number of aromatic nitrogens is 1. The minimum atomic E-state index is -0.637. The maximum Gasteiger partial charge on any atom is 0.236 e. The van der Waals surface area contributed by atoms with Gasteiger partial charge in [0.15, 0.2) is 5.76 Å². The predicted octanol–water partition coefficient (Wildman–Crippen LogP) is 5.76. The molecule has 32 heavy (non-hydrogen) atoms. The average molecular weight is 425 g/mol. The van der Waals surface area contributed by atoms with Crippen molar-refractivity contribution in [1.29, 1.82) is 0 Å². The second-order valence-electron chi connectivity index (χ2n) is 7.91. The lowest BCUT2D eigenvalue weighted by atomic mass is 10.00. The van der Waals surface area contributed by atoms with Crippen molar-refractivity contribution in [2.45, 2.75) is 18.3 Å². The van der Waals surface area contributed by atoms with Crippen molar-refractivity contribution in [2.75, 3.05) is 17.7 Å². The molecule has 2 N–H and O–H groups in total. The number of rotatable bonds is 7. The molecule has 6 nitrogen and oxygen atoms in total. The zero-order valence-corrected chi connectivity index (χ0v) is 17.7. The quantitative estimate of drug-likeness (QED) is 0.393. The minimum absolute atomic E-state index is 0.0632. The van der Waals surface area contributed by atoms with Gasteiger partial charge in [0.05, 0.1) is 18.2 Å². The minimum Gasteiger partial charge on any atom is -0.497 e. The molecule has 3 aromatic carbocycles. The van der Waals surface area contributed by atoms with Crippen LogP contribution in [0.15, 0.2) is 89.5 Å². The molecule has 1 amide bonds. The second kappa shape index (κ2) is 8.23. The van der Waals surface area contributed by atoms with E-state index in [9.17, 15) is 4.79 Å². The first-order valence-corrected chi connectivity index (χ1v) is 10.5. The van der Waals surface area contributed by atoms with Crippen LogP contribution in [0.5, 0.6) is 5.75 Å². The first kappa shape index (κ1) is 19.9. The molecule has 0 spiro atoms. The van der Waals surface area contributed by atoms with E-state index < -0.39 is 5.41 Å². The summed E-state index contributed by atoms with van der Waals surface area (Å²) in [5.41, 5.74) is 3.60. The molecule has 1 aromatic heterocycles. The predicted molar refractivity (Wildman–Crippen MR) is 124 cm³/mol. The SMILES string of the molecule is COc1cccc(-c2cc(C3(C(=O)Nc4ccc(Nc5ccccc5)cc4)CC3)no2)c1. The fourth-order valence-electron chi connectivity index (χ4n) is 3.71. The number of hydrogen-bond acceptors (Lipinski definition) is 5. The summed E-state index contributed by atoms with van der Waals surface area (Å²) in [5.74, 6) is 1.30. The van der Waals surface area contributed by atoms with Crippen LogP contribution in [-0.4, -0.2) is 18.2 Å². The molecule has 0 saturated heterocycles. The molecular formula is C26H23N3O3. The van der Waals surface area contributed by atoms with E-state index in [0.29, 0.717) is 11.5 Å². The molecule has 0 aliphatic heterocycles. The van der Waals surface area contributed by atoms with Gasteiger partial charge in [0.2, 0.25) is 5.91 Å². The third kappa shape index (κ3) is 3.95. The van der Waals surface area contributed by atoms with Crippen molar-refractivity contribution in [3.63, 3.8) is 0 Å². The normalized spacial score (nSPS) is 13.9. The maximum atomic E-state index is 13.1. The van der Waals surface area contributed by atoms with Crippen LogP contribution in [0.3, 0.4) is 0 Å². The van der Waals surface area contributed by atoms with E-state index in [1.165, 1.54) is 0 Å². The van der Waals surface area contributed by atoms with E-state index in [2.05, 4.69) is 15.8 Å². The van der Waals surface area contributed by atoms with Crippen LogP contribution in [-0.2, 0) is 10.2 Å². The molecule has 1 heterocycles. The summed E-state index contributed by atoms with van der Waals surface area (Å²) in [6.45, 7) is 0. The van der Waals surface area contributed by atoms with Crippen LogP contribution in [0.4, 0.5) is 17.1 Å². The van der Waals surface area contributed by atoms with E-state index in [0.717, 1.165) is 41.2 Å². The van der Waals surface area contributed by atoms with Crippen LogP contribution >= 0.6 is 0 Å². The molecule has 1 saturated carbocycles. The van der Waals surface area contributed by atoms with E-state index in [1.807, 2.05) is 84.9 Å². The molecular weight excluding hydrogens is 402 g/mol. The second-order valence-corrected chi connectivity index (χ2v) is 7.91. The molecule has 5 rings (SSSR count).